The summed E-state index contributed by atoms with van der Waals surface area (Å²) in [4.78, 5) is 11.5. The van der Waals surface area contributed by atoms with Crippen LogP contribution in [0.4, 0.5) is 4.79 Å². The zero-order chi connectivity index (χ0) is 14.5. The molecule has 0 radical (unpaired) electrons. The summed E-state index contributed by atoms with van der Waals surface area (Å²) in [6.45, 7) is 12.0. The highest BCUT2D eigenvalue weighted by atomic mass is 16.6. The average Bonchev–Trinajstić information content (AvgIpc) is 2.27. The topological polar surface area (TPSA) is 50.4 Å². The summed E-state index contributed by atoms with van der Waals surface area (Å²) in [5.41, 5.74) is -0.415. The Labute approximate surface area is 117 Å². The lowest BCUT2D eigenvalue weighted by atomic mass is 9.85. The normalized spacial score (nSPS) is 24.3. The van der Waals surface area contributed by atoms with Gasteiger partial charge in [-0.1, -0.05) is 13.8 Å². The van der Waals surface area contributed by atoms with Gasteiger partial charge < -0.3 is 15.4 Å². The largest absolute Gasteiger partial charge is 0.444 e. The van der Waals surface area contributed by atoms with Crippen LogP contribution in [0.15, 0.2) is 0 Å². The molecule has 0 aromatic rings. The van der Waals surface area contributed by atoms with Crippen LogP contribution in [-0.4, -0.2) is 30.8 Å². The van der Waals surface area contributed by atoms with E-state index < -0.39 is 5.60 Å². The predicted octanol–water partition coefficient (Wildman–Crippen LogP) is 2.93. The Balaban J connectivity index is 2.20. The third-order valence-electron chi connectivity index (χ3n) is 3.57. The second kappa shape index (κ2) is 7.13. The number of amides is 1. The predicted molar refractivity (Wildman–Crippen MR) is 78.2 cm³/mol. The summed E-state index contributed by atoms with van der Waals surface area (Å²) < 4.78 is 5.22. The first-order valence-electron chi connectivity index (χ1n) is 7.48. The van der Waals surface area contributed by atoms with Crippen LogP contribution in [0.2, 0.25) is 0 Å². The smallest absolute Gasteiger partial charge is 0.407 e. The molecule has 1 aliphatic heterocycles. The number of hydrogen-bond acceptors (Lipinski definition) is 3. The van der Waals surface area contributed by atoms with Crippen molar-refractivity contribution in [3.63, 3.8) is 0 Å². The molecule has 2 unspecified atom stereocenters. The molecule has 0 aromatic carbocycles. The maximum Gasteiger partial charge on any atom is 0.407 e. The number of hydrogen-bond donors (Lipinski definition) is 2. The van der Waals surface area contributed by atoms with Gasteiger partial charge in [0.2, 0.25) is 0 Å². The summed E-state index contributed by atoms with van der Waals surface area (Å²) in [5, 5.41) is 6.42. The van der Waals surface area contributed by atoms with Gasteiger partial charge in [-0.15, -0.1) is 0 Å². The van der Waals surface area contributed by atoms with Crippen molar-refractivity contribution in [3.8, 4) is 0 Å². The van der Waals surface area contributed by atoms with E-state index in [-0.39, 0.29) is 6.09 Å². The van der Waals surface area contributed by atoms with Gasteiger partial charge in [-0.3, -0.25) is 0 Å². The van der Waals surface area contributed by atoms with Crippen molar-refractivity contribution in [2.45, 2.75) is 65.5 Å². The van der Waals surface area contributed by atoms with Gasteiger partial charge >= 0.3 is 6.09 Å². The van der Waals surface area contributed by atoms with Crippen molar-refractivity contribution in [3.05, 3.63) is 0 Å². The van der Waals surface area contributed by atoms with Gasteiger partial charge in [-0.25, -0.2) is 4.79 Å². The first-order chi connectivity index (χ1) is 8.78. The maximum absolute atomic E-state index is 11.5. The fourth-order valence-corrected chi connectivity index (χ4v) is 2.50. The lowest BCUT2D eigenvalue weighted by Gasteiger charge is -2.33. The van der Waals surface area contributed by atoms with E-state index in [1.807, 2.05) is 20.8 Å². The first-order valence-corrected chi connectivity index (χ1v) is 7.48. The molecule has 1 heterocycles. The van der Waals surface area contributed by atoms with Crippen molar-refractivity contribution in [2.75, 3.05) is 13.1 Å². The quantitative estimate of drug-likeness (QED) is 0.826. The van der Waals surface area contributed by atoms with Crippen LogP contribution < -0.4 is 10.6 Å². The second-order valence-corrected chi connectivity index (χ2v) is 6.91. The van der Waals surface area contributed by atoms with Gasteiger partial charge in [-0.2, -0.15) is 0 Å². The lowest BCUT2D eigenvalue weighted by molar-refractivity contribution is 0.0523. The molecule has 19 heavy (non-hydrogen) atoms. The van der Waals surface area contributed by atoms with E-state index in [0.29, 0.717) is 24.4 Å². The summed E-state index contributed by atoms with van der Waals surface area (Å²) in [5.74, 6) is 1.39. The van der Waals surface area contributed by atoms with E-state index in [2.05, 4.69) is 24.5 Å². The lowest BCUT2D eigenvalue weighted by Crippen LogP contribution is -2.42. The van der Waals surface area contributed by atoms with Gasteiger partial charge in [0.25, 0.3) is 0 Å². The number of nitrogens with one attached hydrogen (secondary N) is 2. The summed E-state index contributed by atoms with van der Waals surface area (Å²) in [6, 6.07) is 0.625. The van der Waals surface area contributed by atoms with Crippen molar-refractivity contribution >= 4 is 6.09 Å². The molecule has 1 fully saturated rings. The zero-order valence-corrected chi connectivity index (χ0v) is 13.1. The average molecular weight is 270 g/mol. The molecule has 0 aromatic heterocycles. The van der Waals surface area contributed by atoms with Crippen LogP contribution in [0.3, 0.4) is 0 Å². The van der Waals surface area contributed by atoms with Crippen molar-refractivity contribution in [2.24, 2.45) is 11.8 Å². The minimum Gasteiger partial charge on any atom is -0.444 e. The molecule has 4 heteroatoms. The molecule has 0 saturated carbocycles. The number of ether oxygens (including phenoxy) is 1. The molecule has 0 spiro atoms. The Morgan fingerprint density at radius 2 is 2.11 bits per heavy atom. The molecule has 1 saturated heterocycles. The number of carbonyl (C=O) groups excluding carboxylic acids is 1. The highest BCUT2D eigenvalue weighted by Crippen LogP contribution is 2.23. The van der Waals surface area contributed by atoms with E-state index in [9.17, 15) is 4.79 Å². The fourth-order valence-electron chi connectivity index (χ4n) is 2.50. The molecular formula is C15H30N2O2. The van der Waals surface area contributed by atoms with Gasteiger partial charge in [-0.05, 0) is 58.4 Å². The minimum absolute atomic E-state index is 0.304. The number of piperidine rings is 1. The molecule has 1 rings (SSSR count). The molecule has 2 atom stereocenters. The molecule has 0 bridgehead atoms. The Morgan fingerprint density at radius 3 is 2.68 bits per heavy atom. The fraction of sp³-hybridized carbons (Fsp3) is 0.933. The Hall–Kier alpha value is -0.770. The van der Waals surface area contributed by atoms with Crippen LogP contribution in [0.5, 0.6) is 0 Å². The van der Waals surface area contributed by atoms with Crippen molar-refractivity contribution < 1.29 is 9.53 Å². The SMILES string of the molecule is CC(C)C1CC(CCNC(=O)OC(C)(C)C)CCN1. The maximum atomic E-state index is 11.5. The highest BCUT2D eigenvalue weighted by molar-refractivity contribution is 5.67. The first kappa shape index (κ1) is 16.3. The Bertz CT molecular complexity index is 284. The molecule has 1 amide bonds. The number of rotatable bonds is 4. The van der Waals surface area contributed by atoms with E-state index in [4.69, 9.17) is 4.74 Å². The number of carbonyl (C=O) groups is 1. The zero-order valence-electron chi connectivity index (χ0n) is 13.1. The van der Waals surface area contributed by atoms with Crippen LogP contribution >= 0.6 is 0 Å². The van der Waals surface area contributed by atoms with E-state index in [1.54, 1.807) is 0 Å². The van der Waals surface area contributed by atoms with E-state index in [1.165, 1.54) is 12.8 Å². The third-order valence-corrected chi connectivity index (χ3v) is 3.57. The van der Waals surface area contributed by atoms with Gasteiger partial charge in [0.05, 0.1) is 0 Å². The summed E-state index contributed by atoms with van der Waals surface area (Å²) >= 11 is 0. The van der Waals surface area contributed by atoms with Crippen LogP contribution in [0, 0.1) is 11.8 Å². The molecule has 0 aliphatic carbocycles. The standard InChI is InChI=1S/C15H30N2O2/c1-11(2)13-10-12(6-8-16-13)7-9-17-14(18)19-15(3,4)5/h11-13,16H,6-10H2,1-5H3,(H,17,18). The third kappa shape index (κ3) is 6.81. The number of alkyl carbamates (subject to hydrolysis) is 1. The van der Waals surface area contributed by atoms with Crippen LogP contribution in [-0.2, 0) is 4.74 Å². The highest BCUT2D eigenvalue weighted by Gasteiger charge is 2.23. The molecule has 4 nitrogen and oxygen atoms in total. The molecule has 2 N–H and O–H groups in total. The minimum atomic E-state index is -0.415. The summed E-state index contributed by atoms with van der Waals surface area (Å²) in [7, 11) is 0. The van der Waals surface area contributed by atoms with Crippen molar-refractivity contribution in [1.29, 1.82) is 0 Å². The van der Waals surface area contributed by atoms with Gasteiger partial charge in [0.1, 0.15) is 5.60 Å². The second-order valence-electron chi connectivity index (χ2n) is 6.91. The van der Waals surface area contributed by atoms with Gasteiger partial charge in [0, 0.05) is 12.6 Å². The van der Waals surface area contributed by atoms with E-state index in [0.717, 1.165) is 13.0 Å². The van der Waals surface area contributed by atoms with Crippen LogP contribution in [0.1, 0.15) is 53.9 Å². The van der Waals surface area contributed by atoms with Crippen LogP contribution in [0.25, 0.3) is 0 Å². The summed E-state index contributed by atoms with van der Waals surface area (Å²) in [6.07, 6.45) is 3.17. The Morgan fingerprint density at radius 1 is 1.42 bits per heavy atom. The Kier molecular flexibility index (Phi) is 6.11. The van der Waals surface area contributed by atoms with Gasteiger partial charge in [0.15, 0.2) is 0 Å². The molecule has 112 valence electrons. The van der Waals surface area contributed by atoms with Crippen molar-refractivity contribution in [1.82, 2.24) is 10.6 Å². The molecule has 1 aliphatic rings. The van der Waals surface area contributed by atoms with E-state index >= 15 is 0 Å². The monoisotopic (exact) mass is 270 g/mol. The molecular weight excluding hydrogens is 240 g/mol.